The van der Waals surface area contributed by atoms with Gasteiger partial charge in [0.25, 0.3) is 0 Å². The number of aliphatic hydroxyl groups is 2. The van der Waals surface area contributed by atoms with E-state index in [1.54, 1.807) is 32.5 Å². The molecular weight excluding hydrogens is 2160 g/mol. The van der Waals surface area contributed by atoms with E-state index in [4.69, 9.17) is 89.2 Å². The fourth-order valence-electron chi connectivity index (χ4n) is 7.97. The minimum absolute atomic E-state index is 0. The van der Waals surface area contributed by atoms with E-state index >= 15 is 0 Å². The molecule has 37 heteroatoms. The molecule has 0 aliphatic carbocycles. The maximum absolute atomic E-state index is 13.5. The molecule has 15 atom stereocenters. The molecule has 6 aliphatic heterocycles. The van der Waals surface area contributed by atoms with E-state index in [9.17, 15) is 33.4 Å². The fourth-order valence-corrected chi connectivity index (χ4v) is 18.8. The molecule has 6 saturated heterocycles. The maximum Gasteiger partial charge on any atom is 2.00 e. The van der Waals surface area contributed by atoms with Crippen molar-refractivity contribution < 1.29 is 113 Å². The summed E-state index contributed by atoms with van der Waals surface area (Å²) in [7, 11) is -4.86. The molecule has 7 unspecified atom stereocenters. The molecule has 0 aromatic rings. The normalized spacial score (nSPS) is 27.8. The first-order valence-corrected chi connectivity index (χ1v) is 45.2. The Kier molecular flexibility index (Phi) is 70.8. The molecule has 6 aliphatic rings. The topological polar surface area (TPSA) is 250 Å². The van der Waals surface area contributed by atoms with E-state index in [1.807, 2.05) is 52.0 Å². The molecule has 0 saturated carbocycles. The van der Waals surface area contributed by atoms with Gasteiger partial charge < -0.3 is 74.7 Å². The van der Waals surface area contributed by atoms with E-state index in [0.717, 1.165) is 24.2 Å². The summed E-state index contributed by atoms with van der Waals surface area (Å²) < 4.78 is 127. The summed E-state index contributed by atoms with van der Waals surface area (Å²) in [4.78, 5) is 20.4. The summed E-state index contributed by atoms with van der Waals surface area (Å²) >= 11 is 12.6. The fraction of sp³-hybridized carbons (Fsp3) is 0.776. The van der Waals surface area contributed by atoms with Crippen LogP contribution in [-0.2, 0) is 94.9 Å². The average molecular weight is 2270 g/mol. The quantitative estimate of drug-likeness (QED) is 0.0115. The minimum atomic E-state index is -3.48. The molecule has 6 rings (SSSR count). The number of halogens is 2. The molecule has 0 bridgehead atoms. The minimum Gasteiger partial charge on any atom is -1.00 e. The van der Waals surface area contributed by atoms with Crippen molar-refractivity contribution in [1.29, 1.82) is 0 Å². The smallest absolute Gasteiger partial charge is 1.00 e. The third-order valence-corrected chi connectivity index (χ3v) is 33.2. The number of ether oxygens (including phenoxy) is 7. The number of rotatable bonds is 30. The molecular formula is C58H111Ba6ClFO21P3S3Si2. The van der Waals surface area contributed by atoms with Crippen LogP contribution < -0.4 is 0 Å². The summed E-state index contributed by atoms with van der Waals surface area (Å²) in [5, 5.41) is 19.2. The first-order valence-electron chi connectivity index (χ1n) is 30.7. The number of esters is 1. The Hall–Kier alpha value is 9.90. The van der Waals surface area contributed by atoms with Crippen molar-refractivity contribution in [2.75, 3.05) is 51.0 Å². The summed E-state index contributed by atoms with van der Waals surface area (Å²) in [5.41, 5.74) is 0. The number of alkyl halides is 2. The zero-order valence-electron chi connectivity index (χ0n) is 65.9. The summed E-state index contributed by atoms with van der Waals surface area (Å²) in [5.74, 6) is 1.07. The molecule has 0 aromatic carbocycles. The SMILES string of the molecule is C/C=C/CS[P@@](=O)(OC[C@H]1O[CH-]CC1O)OC1C[CH-]O[C@@H]1CO.C/C=C/CS[P@@](=O)(OC[C@H]1O[CH-]CC1O[Si](C)(C)C(C)(C)C)OC1C[CH-]O[C@@H]1CC.CC(=O)O/C=C/CCl.CC[C@H]1O[CH-]CC1OP(O)(=S)OC[C@H]1O[CH-]CC1O[Si](C)(C)C(C)(C)C.[2H]CF.[Ba+2].[Ba+2].[Ba+2].[Ba+2].[Ba+2].[Ba+2].[H-].[H-].[H-].[H-].[H-].[H-]. The predicted molar refractivity (Wildman–Crippen MR) is 399 cm³/mol. The number of allylic oxidation sites excluding steroid dienone is 3. The van der Waals surface area contributed by atoms with Crippen LogP contribution in [0.2, 0.25) is 36.3 Å². The van der Waals surface area contributed by atoms with E-state index in [2.05, 4.69) is 72.5 Å². The van der Waals surface area contributed by atoms with E-state index < -0.39 is 68.5 Å². The van der Waals surface area contributed by atoms with Gasteiger partial charge in [-0.25, -0.2) is 48.8 Å². The van der Waals surface area contributed by atoms with E-state index in [-0.39, 0.29) is 393 Å². The second-order valence-electron chi connectivity index (χ2n) is 23.9. The van der Waals surface area contributed by atoms with Crippen molar-refractivity contribution in [3.63, 3.8) is 0 Å². The predicted octanol–water partition coefficient (Wildman–Crippen LogP) is 13.2. The van der Waals surface area contributed by atoms with Crippen molar-refractivity contribution in [1.82, 2.24) is 0 Å². The third-order valence-electron chi connectivity index (χ3n) is 15.1. The van der Waals surface area contributed by atoms with Crippen LogP contribution >= 0.6 is 54.7 Å². The second-order valence-corrected chi connectivity index (χ2v) is 44.7. The van der Waals surface area contributed by atoms with E-state index in [1.165, 1.54) is 37.8 Å². The summed E-state index contributed by atoms with van der Waals surface area (Å²) in [6.07, 6.45) is 11.7. The number of hydrogen-bond acceptors (Lipinski definition) is 23. The van der Waals surface area contributed by atoms with Gasteiger partial charge in [0.05, 0.1) is 90.0 Å². The molecule has 536 valence electrons. The number of carbonyl (C=O) groups is 1. The zero-order chi connectivity index (χ0) is 67.8. The molecule has 0 aromatic heterocycles. The van der Waals surface area contributed by atoms with E-state index in [0.29, 0.717) is 55.9 Å². The van der Waals surface area contributed by atoms with Gasteiger partial charge in [-0.3, -0.25) is 27.3 Å². The van der Waals surface area contributed by atoms with Gasteiger partial charge in [0.15, 0.2) is 16.6 Å². The van der Waals surface area contributed by atoms with Crippen LogP contribution in [0.1, 0.15) is 137 Å². The molecule has 6 fully saturated rings. The van der Waals surface area contributed by atoms with Gasteiger partial charge in [0.2, 0.25) is 0 Å². The molecule has 0 radical (unpaired) electrons. The molecule has 21 nitrogen and oxygen atoms in total. The standard InChI is InChI=1S/C21H39O6PSSi.C17H33O6PSSi.C14H23O7PS.C5H7ClO2.CH3F.6Ba.6H/c1-8-10-15-29-28(22,26-18-11-13-23-17(18)9-2)25-16-20-19(12-14-24-20)27-30(6,7)21(3,4)5;1-7-13-14(8-10-19-13)22-24(18,25)21-12-16-15(9-11-20-16)23-26(5,6)17(2,3)4;1-2-3-8-23-22(17,20-10-14-11(16)4-6-19-14)21-12-5-7-18-13(12)9-15;1-5(7)8-4-2-3-6;1-2;;;;;;;;;;;;/h8,10,13-14,17-20H,9,11-12,15-16H2,1-7H3;10-11,13-16H,7-9,12H2,1-6H3,(H,18,25);2-3,6-7,11-16H,4-5,8-10H2,1H3;2,4H,3H2,1H3;1H3;;;;;;;;;;;;/q3*-2;;;6*+2;6*-1/b10-8+;;3-2+;4-2+;;;;;;;;;;;;;/t17-,18?,19?,20-,28+;13-,14?,15?,16-,24?;11?,12?,13-,14-,22+;;;;;;;;;;;;;;/m111............../s1/i;;;;1D;;;;;;;;;;;;. The molecule has 3 N–H and O–H groups in total. The Morgan fingerprint density at radius 1 is 0.632 bits per heavy atom. The van der Waals surface area contributed by atoms with Gasteiger partial charge in [-0.05, 0) is 104 Å². The Bertz CT molecular complexity index is 2310. The van der Waals surface area contributed by atoms with Gasteiger partial charge in [0.1, 0.15) is 0 Å². The Labute approximate surface area is 842 Å². The Morgan fingerprint density at radius 2 is 0.968 bits per heavy atom. The number of hydrogen-bond donors (Lipinski definition) is 3. The van der Waals surface area contributed by atoms with Crippen LogP contribution in [0.5, 0.6) is 0 Å². The Balaban J connectivity index is -0.000000120. The molecule has 95 heavy (non-hydrogen) atoms. The molecule has 6 heterocycles. The van der Waals surface area contributed by atoms with Crippen LogP contribution in [0.3, 0.4) is 0 Å². The second kappa shape index (κ2) is 60.5. The monoisotopic (exact) mass is 2270 g/mol. The first-order chi connectivity index (χ1) is 42.2. The summed E-state index contributed by atoms with van der Waals surface area (Å²) in [6, 6.07) is 0. The van der Waals surface area contributed by atoms with Crippen LogP contribution in [0.25, 0.3) is 0 Å². The number of carbonyl (C=O) groups excluding carboxylic acids is 1. The van der Waals surface area contributed by atoms with Crippen molar-refractivity contribution in [3.05, 3.63) is 76.3 Å². The van der Waals surface area contributed by atoms with Crippen molar-refractivity contribution >= 4 is 382 Å². The first kappa shape index (κ1) is 111. The Morgan fingerprint density at radius 3 is 1.32 bits per heavy atom. The van der Waals surface area contributed by atoms with Crippen LogP contribution in [0.4, 0.5) is 4.39 Å². The van der Waals surface area contributed by atoms with Gasteiger partial charge in [-0.1, -0.05) is 79.7 Å². The molecule has 0 spiro atoms. The van der Waals surface area contributed by atoms with Crippen molar-refractivity contribution in [2.45, 2.75) is 237 Å². The van der Waals surface area contributed by atoms with Gasteiger partial charge >= 0.3 is 320 Å². The largest absolute Gasteiger partial charge is 2.00 e. The average Bonchev–Trinajstić information content (AvgIpc) is 0.916. The van der Waals surface area contributed by atoms with Crippen molar-refractivity contribution in [3.8, 4) is 0 Å². The number of aliphatic hydroxyl groups excluding tert-OH is 2. The third kappa shape index (κ3) is 45.6. The van der Waals surface area contributed by atoms with Crippen molar-refractivity contribution in [2.24, 2.45) is 0 Å². The zero-order valence-corrected chi connectivity index (χ0v) is 93.5. The van der Waals surface area contributed by atoms with Crippen LogP contribution in [0, 0.1) is 39.6 Å². The van der Waals surface area contributed by atoms with Crippen LogP contribution in [-0.4, -0.2) is 455 Å². The molecule has 0 amide bonds. The summed E-state index contributed by atoms with van der Waals surface area (Å²) in [6.45, 7) is 31.2. The van der Waals surface area contributed by atoms with Gasteiger partial charge in [0, 0.05) is 48.7 Å². The van der Waals surface area contributed by atoms with Gasteiger partial charge in [-0.2, -0.15) is 0 Å². The maximum atomic E-state index is 13.5. The van der Waals surface area contributed by atoms with Crippen LogP contribution in [0.15, 0.2) is 36.6 Å². The van der Waals surface area contributed by atoms with Gasteiger partial charge in [-0.15, -0.1) is 50.1 Å².